The van der Waals surface area contributed by atoms with E-state index in [2.05, 4.69) is 30.2 Å². The van der Waals surface area contributed by atoms with Gasteiger partial charge < -0.3 is 10.6 Å². The lowest BCUT2D eigenvalue weighted by Crippen LogP contribution is -2.23. The third-order valence-electron chi connectivity index (χ3n) is 2.69. The summed E-state index contributed by atoms with van der Waals surface area (Å²) in [6.45, 7) is 2.20. The highest BCUT2D eigenvalue weighted by molar-refractivity contribution is 5.85. The number of nitrogen functional groups attached to an aromatic ring is 1. The maximum Gasteiger partial charge on any atom is 0.0314 e. The number of nitrogens with two attached hydrogens (primary N) is 1. The van der Waals surface area contributed by atoms with Crippen molar-refractivity contribution in [2.75, 3.05) is 25.9 Å². The molecule has 2 nitrogen and oxygen atoms in total. The number of benzene rings is 1. The molecule has 0 aliphatic carbocycles. The number of hydrogen-bond donors (Lipinski definition) is 1. The highest BCUT2D eigenvalue weighted by atomic mass is 35.5. The average Bonchev–Trinajstić information content (AvgIpc) is 2.21. The Morgan fingerprint density at radius 3 is 2.40 bits per heavy atom. The summed E-state index contributed by atoms with van der Waals surface area (Å²) >= 11 is 0. The van der Waals surface area contributed by atoms with Crippen LogP contribution in [0.25, 0.3) is 5.57 Å². The highest BCUT2D eigenvalue weighted by Gasteiger charge is 2.08. The number of anilines is 1. The second kappa shape index (κ2) is 5.19. The van der Waals surface area contributed by atoms with E-state index in [0.29, 0.717) is 0 Å². The van der Waals surface area contributed by atoms with Crippen LogP contribution in [0.15, 0.2) is 30.3 Å². The highest BCUT2D eigenvalue weighted by Crippen LogP contribution is 2.22. The van der Waals surface area contributed by atoms with Crippen LogP contribution in [0.1, 0.15) is 12.0 Å². The Hall–Kier alpha value is -0.990. The molecule has 0 unspecified atom stereocenters. The fourth-order valence-electron chi connectivity index (χ4n) is 1.73. The Kier molecular flexibility index (Phi) is 4.18. The van der Waals surface area contributed by atoms with E-state index in [4.69, 9.17) is 5.73 Å². The van der Waals surface area contributed by atoms with Crippen molar-refractivity contribution in [3.63, 3.8) is 0 Å². The van der Waals surface area contributed by atoms with Crippen molar-refractivity contribution in [2.24, 2.45) is 0 Å². The van der Waals surface area contributed by atoms with Gasteiger partial charge in [-0.3, -0.25) is 0 Å². The van der Waals surface area contributed by atoms with Crippen molar-refractivity contribution in [1.29, 1.82) is 0 Å². The zero-order valence-electron chi connectivity index (χ0n) is 8.94. The van der Waals surface area contributed by atoms with Gasteiger partial charge in [0.2, 0.25) is 0 Å². The molecule has 0 fully saturated rings. The van der Waals surface area contributed by atoms with Gasteiger partial charge in [0.1, 0.15) is 0 Å². The minimum atomic E-state index is 0. The standard InChI is InChI=1S/C12H16N2.ClH/c1-14-8-6-11(7-9-14)10-2-4-12(13)5-3-10;/h2-6H,7-9,13H2,1H3;1H. The summed E-state index contributed by atoms with van der Waals surface area (Å²) in [6, 6.07) is 8.14. The molecule has 1 aromatic rings. The van der Waals surface area contributed by atoms with Crippen LogP contribution in [0.2, 0.25) is 0 Å². The fraction of sp³-hybridized carbons (Fsp3) is 0.333. The maximum absolute atomic E-state index is 5.65. The summed E-state index contributed by atoms with van der Waals surface area (Å²) in [7, 11) is 2.15. The first kappa shape index (κ1) is 12.1. The van der Waals surface area contributed by atoms with Crippen LogP contribution in [0.3, 0.4) is 0 Å². The molecule has 1 aromatic carbocycles. The first-order valence-corrected chi connectivity index (χ1v) is 4.99. The quantitative estimate of drug-likeness (QED) is 0.743. The second-order valence-corrected chi connectivity index (χ2v) is 3.86. The summed E-state index contributed by atoms with van der Waals surface area (Å²) in [4.78, 5) is 2.32. The molecule has 1 heterocycles. The van der Waals surface area contributed by atoms with Crippen molar-refractivity contribution in [3.05, 3.63) is 35.9 Å². The van der Waals surface area contributed by atoms with E-state index in [0.717, 1.165) is 25.2 Å². The van der Waals surface area contributed by atoms with Crippen LogP contribution < -0.4 is 5.73 Å². The van der Waals surface area contributed by atoms with Crippen LogP contribution in [0, 0.1) is 0 Å². The Morgan fingerprint density at radius 1 is 1.20 bits per heavy atom. The van der Waals surface area contributed by atoms with Gasteiger partial charge in [0, 0.05) is 18.8 Å². The van der Waals surface area contributed by atoms with Gasteiger partial charge in [0.25, 0.3) is 0 Å². The minimum absolute atomic E-state index is 0. The number of nitrogens with zero attached hydrogens (tertiary/aromatic N) is 1. The number of rotatable bonds is 1. The van der Waals surface area contributed by atoms with E-state index in [-0.39, 0.29) is 12.4 Å². The molecule has 0 amide bonds. The fourth-order valence-corrected chi connectivity index (χ4v) is 1.73. The van der Waals surface area contributed by atoms with E-state index >= 15 is 0 Å². The van der Waals surface area contributed by atoms with Crippen molar-refractivity contribution < 1.29 is 0 Å². The van der Waals surface area contributed by atoms with E-state index in [1.165, 1.54) is 11.1 Å². The second-order valence-electron chi connectivity index (χ2n) is 3.86. The van der Waals surface area contributed by atoms with Gasteiger partial charge in [-0.25, -0.2) is 0 Å². The molecular weight excluding hydrogens is 208 g/mol. The molecule has 0 saturated carbocycles. The summed E-state index contributed by atoms with van der Waals surface area (Å²) in [6.07, 6.45) is 3.44. The van der Waals surface area contributed by atoms with Crippen LogP contribution in [0.4, 0.5) is 5.69 Å². The zero-order valence-corrected chi connectivity index (χ0v) is 9.76. The SMILES string of the molecule is CN1CC=C(c2ccc(N)cc2)CC1.Cl. The first-order valence-electron chi connectivity index (χ1n) is 4.99. The van der Waals surface area contributed by atoms with Crippen molar-refractivity contribution >= 4 is 23.7 Å². The molecule has 82 valence electrons. The van der Waals surface area contributed by atoms with Gasteiger partial charge >= 0.3 is 0 Å². The Bertz CT molecular complexity index is 343. The van der Waals surface area contributed by atoms with E-state index < -0.39 is 0 Å². The molecular formula is C12H17ClN2. The molecule has 0 bridgehead atoms. The molecule has 0 saturated heterocycles. The van der Waals surface area contributed by atoms with Crippen LogP contribution in [0.5, 0.6) is 0 Å². The van der Waals surface area contributed by atoms with Crippen molar-refractivity contribution in [2.45, 2.75) is 6.42 Å². The molecule has 0 atom stereocenters. The molecule has 3 heteroatoms. The minimum Gasteiger partial charge on any atom is -0.399 e. The lowest BCUT2D eigenvalue weighted by molar-refractivity contribution is 0.370. The summed E-state index contributed by atoms with van der Waals surface area (Å²) in [5, 5.41) is 0. The Morgan fingerprint density at radius 2 is 1.87 bits per heavy atom. The van der Waals surface area contributed by atoms with Crippen molar-refractivity contribution in [3.8, 4) is 0 Å². The van der Waals surface area contributed by atoms with Gasteiger partial charge in [0.15, 0.2) is 0 Å². The molecule has 0 radical (unpaired) electrons. The largest absolute Gasteiger partial charge is 0.399 e. The van der Waals surface area contributed by atoms with Gasteiger partial charge in [-0.2, -0.15) is 0 Å². The molecule has 1 aliphatic rings. The lowest BCUT2D eigenvalue weighted by Gasteiger charge is -2.22. The lowest BCUT2D eigenvalue weighted by atomic mass is 9.99. The zero-order chi connectivity index (χ0) is 9.97. The normalized spacial score (nSPS) is 16.7. The van der Waals surface area contributed by atoms with Gasteiger partial charge in [0.05, 0.1) is 0 Å². The third kappa shape index (κ3) is 2.98. The number of hydrogen-bond acceptors (Lipinski definition) is 2. The van der Waals surface area contributed by atoms with Crippen LogP contribution in [-0.2, 0) is 0 Å². The van der Waals surface area contributed by atoms with Crippen LogP contribution in [-0.4, -0.2) is 25.0 Å². The summed E-state index contributed by atoms with van der Waals surface area (Å²) < 4.78 is 0. The maximum atomic E-state index is 5.65. The smallest absolute Gasteiger partial charge is 0.0314 e. The summed E-state index contributed by atoms with van der Waals surface area (Å²) in [5.41, 5.74) is 9.25. The molecule has 2 N–H and O–H groups in total. The molecule has 0 aromatic heterocycles. The van der Waals surface area contributed by atoms with Gasteiger partial charge in [-0.1, -0.05) is 18.2 Å². The molecule has 0 spiro atoms. The van der Waals surface area contributed by atoms with Gasteiger partial charge in [-0.05, 0) is 36.7 Å². The Balaban J connectivity index is 0.00000112. The average molecular weight is 225 g/mol. The van der Waals surface area contributed by atoms with Crippen molar-refractivity contribution in [1.82, 2.24) is 4.90 Å². The number of likely N-dealkylation sites (N-methyl/N-ethyl adjacent to an activating group) is 1. The molecule has 1 aliphatic heterocycles. The monoisotopic (exact) mass is 224 g/mol. The van der Waals surface area contributed by atoms with Gasteiger partial charge in [-0.15, -0.1) is 12.4 Å². The summed E-state index contributed by atoms with van der Waals surface area (Å²) in [5.74, 6) is 0. The number of halogens is 1. The molecule has 15 heavy (non-hydrogen) atoms. The van der Waals surface area contributed by atoms with Crippen LogP contribution >= 0.6 is 12.4 Å². The predicted octanol–water partition coefficient (Wildman–Crippen LogP) is 2.41. The Labute approximate surface area is 97.2 Å². The van der Waals surface area contributed by atoms with E-state index in [1.807, 2.05) is 12.1 Å². The van der Waals surface area contributed by atoms with E-state index in [9.17, 15) is 0 Å². The van der Waals surface area contributed by atoms with E-state index in [1.54, 1.807) is 0 Å². The molecule has 2 rings (SSSR count). The topological polar surface area (TPSA) is 29.3 Å². The third-order valence-corrected chi connectivity index (χ3v) is 2.69. The first-order chi connectivity index (χ1) is 6.75. The predicted molar refractivity (Wildman–Crippen MR) is 68.2 cm³/mol.